The number of nitrogens with zero attached hydrogens (tertiary/aromatic N) is 5. The van der Waals surface area contributed by atoms with Gasteiger partial charge in [-0.3, -0.25) is 0 Å². The van der Waals surface area contributed by atoms with Gasteiger partial charge in [0.1, 0.15) is 11.6 Å². The molecule has 0 amide bonds. The highest BCUT2D eigenvalue weighted by molar-refractivity contribution is 6.30. The molecule has 0 bridgehead atoms. The smallest absolute Gasteiger partial charge is 0.228 e. The maximum Gasteiger partial charge on any atom is 0.228 e. The average molecular weight is 459 g/mol. The van der Waals surface area contributed by atoms with Gasteiger partial charge in [0.15, 0.2) is 11.0 Å². The predicted molar refractivity (Wildman–Crippen MR) is 128 cm³/mol. The molecule has 1 aromatic carbocycles. The van der Waals surface area contributed by atoms with Crippen molar-refractivity contribution in [1.82, 2.24) is 25.1 Å². The van der Waals surface area contributed by atoms with Gasteiger partial charge in [-0.15, -0.1) is 10.2 Å². The average Bonchev–Trinajstić information content (AvgIpc) is 2.87. The summed E-state index contributed by atoms with van der Waals surface area (Å²) in [6, 6.07) is 13.4. The van der Waals surface area contributed by atoms with Crippen molar-refractivity contribution in [2.75, 3.05) is 5.32 Å². The fourth-order valence-electron chi connectivity index (χ4n) is 3.95. The highest BCUT2D eigenvalue weighted by atomic mass is 35.5. The number of ether oxygens (including phenoxy) is 1. The molecular weight excluding hydrogens is 436 g/mol. The van der Waals surface area contributed by atoms with Crippen molar-refractivity contribution in [1.29, 1.82) is 0 Å². The highest BCUT2D eigenvalue weighted by Crippen LogP contribution is 2.33. The predicted octanol–water partition coefficient (Wildman–Crippen LogP) is 5.96. The lowest BCUT2D eigenvalue weighted by atomic mass is 9.93. The third-order valence-electron chi connectivity index (χ3n) is 5.64. The van der Waals surface area contributed by atoms with Crippen LogP contribution in [0.5, 0.6) is 11.6 Å². The van der Waals surface area contributed by atoms with Gasteiger partial charge in [0.05, 0.1) is 11.3 Å². The molecule has 1 aliphatic carbocycles. The van der Waals surface area contributed by atoms with Gasteiger partial charge >= 0.3 is 0 Å². The highest BCUT2D eigenvalue weighted by Gasteiger charge is 2.19. The Morgan fingerprint density at radius 1 is 0.939 bits per heavy atom. The Balaban J connectivity index is 1.36. The van der Waals surface area contributed by atoms with Gasteiger partial charge in [0.2, 0.25) is 5.88 Å². The first-order valence-corrected chi connectivity index (χ1v) is 11.4. The van der Waals surface area contributed by atoms with Crippen LogP contribution < -0.4 is 10.1 Å². The lowest BCUT2D eigenvalue weighted by molar-refractivity contribution is 0.465. The van der Waals surface area contributed by atoms with Crippen LogP contribution in [0.25, 0.3) is 11.3 Å². The molecule has 7 nitrogen and oxygen atoms in total. The summed E-state index contributed by atoms with van der Waals surface area (Å²) < 4.78 is 6.10. The van der Waals surface area contributed by atoms with Crippen molar-refractivity contribution in [3.63, 3.8) is 0 Å². The number of fused-ring (bicyclic) bond motifs is 1. The Bertz CT molecular complexity index is 1280. The summed E-state index contributed by atoms with van der Waals surface area (Å²) in [6.07, 6.45) is 8.40. The van der Waals surface area contributed by atoms with Gasteiger partial charge in [-0.2, -0.15) is 0 Å². The van der Waals surface area contributed by atoms with E-state index in [-0.39, 0.29) is 0 Å². The van der Waals surface area contributed by atoms with Gasteiger partial charge in [0, 0.05) is 30.1 Å². The summed E-state index contributed by atoms with van der Waals surface area (Å²) in [6.45, 7) is 2.03. The number of nitrogens with one attached hydrogen (secondary N) is 1. The van der Waals surface area contributed by atoms with Crippen LogP contribution >= 0.6 is 11.6 Å². The summed E-state index contributed by atoms with van der Waals surface area (Å²) in [5, 5.41) is 12.3. The largest absolute Gasteiger partial charge is 0.438 e. The number of anilines is 2. The van der Waals surface area contributed by atoms with Crippen molar-refractivity contribution in [2.45, 2.75) is 39.0 Å². The Morgan fingerprint density at radius 3 is 2.58 bits per heavy atom. The molecule has 3 heterocycles. The molecule has 0 aliphatic heterocycles. The first-order chi connectivity index (χ1) is 16.2. The van der Waals surface area contributed by atoms with Crippen LogP contribution in [0.15, 0.2) is 54.9 Å². The van der Waals surface area contributed by atoms with Crippen molar-refractivity contribution >= 4 is 23.1 Å². The molecule has 166 valence electrons. The molecule has 1 aliphatic rings. The van der Waals surface area contributed by atoms with Gasteiger partial charge in [-0.1, -0.05) is 18.5 Å². The van der Waals surface area contributed by atoms with Crippen LogP contribution in [-0.2, 0) is 19.3 Å². The fourth-order valence-corrected chi connectivity index (χ4v) is 4.20. The summed E-state index contributed by atoms with van der Waals surface area (Å²) in [5.41, 5.74) is 4.78. The Kier molecular flexibility index (Phi) is 6.13. The number of hydrogen-bond donors (Lipinski definition) is 1. The maximum absolute atomic E-state index is 6.26. The molecule has 4 aromatic rings. The van der Waals surface area contributed by atoms with Crippen LogP contribution in [0.1, 0.15) is 36.7 Å². The molecule has 0 saturated carbocycles. The van der Waals surface area contributed by atoms with E-state index in [1.807, 2.05) is 49.4 Å². The van der Waals surface area contributed by atoms with Crippen molar-refractivity contribution in [3.8, 4) is 22.9 Å². The molecule has 0 atom stereocenters. The Labute approximate surface area is 197 Å². The van der Waals surface area contributed by atoms with E-state index in [1.165, 1.54) is 0 Å². The number of aryl methyl sites for hydroxylation is 1. The monoisotopic (exact) mass is 458 g/mol. The molecule has 0 fully saturated rings. The number of halogens is 1. The van der Waals surface area contributed by atoms with E-state index in [4.69, 9.17) is 16.3 Å². The maximum atomic E-state index is 6.26. The zero-order valence-electron chi connectivity index (χ0n) is 18.3. The van der Waals surface area contributed by atoms with Crippen LogP contribution in [0.2, 0.25) is 5.15 Å². The lowest BCUT2D eigenvalue weighted by Crippen LogP contribution is -2.10. The van der Waals surface area contributed by atoms with Crippen molar-refractivity contribution in [2.24, 2.45) is 0 Å². The number of pyridine rings is 1. The Morgan fingerprint density at radius 2 is 1.76 bits per heavy atom. The van der Waals surface area contributed by atoms with Crippen LogP contribution in [0.4, 0.5) is 11.5 Å². The number of rotatable bonds is 6. The minimum atomic E-state index is 0.497. The second kappa shape index (κ2) is 9.50. The summed E-state index contributed by atoms with van der Waals surface area (Å²) in [4.78, 5) is 13.3. The van der Waals surface area contributed by atoms with E-state index in [0.717, 1.165) is 71.8 Å². The molecular formula is C25H23ClN6O. The molecule has 0 radical (unpaired) electrons. The zero-order chi connectivity index (χ0) is 22.6. The first-order valence-electron chi connectivity index (χ1n) is 11.1. The van der Waals surface area contributed by atoms with E-state index >= 15 is 0 Å². The normalized spacial score (nSPS) is 12.8. The number of benzene rings is 1. The van der Waals surface area contributed by atoms with Crippen molar-refractivity contribution in [3.05, 3.63) is 77.0 Å². The second-order valence-corrected chi connectivity index (χ2v) is 8.18. The number of aromatic nitrogens is 5. The Hall–Kier alpha value is -3.58. The van der Waals surface area contributed by atoms with Crippen molar-refractivity contribution < 1.29 is 4.74 Å². The molecule has 33 heavy (non-hydrogen) atoms. The van der Waals surface area contributed by atoms with Crippen LogP contribution in [0, 0.1) is 0 Å². The second-order valence-electron chi connectivity index (χ2n) is 7.82. The fraction of sp³-hybridized carbons (Fsp3) is 0.240. The van der Waals surface area contributed by atoms with E-state index in [0.29, 0.717) is 16.8 Å². The molecule has 0 saturated heterocycles. The minimum absolute atomic E-state index is 0.497. The topological polar surface area (TPSA) is 85.7 Å². The minimum Gasteiger partial charge on any atom is -0.438 e. The lowest BCUT2D eigenvalue weighted by Gasteiger charge is -2.19. The van der Waals surface area contributed by atoms with Gasteiger partial charge < -0.3 is 10.1 Å². The summed E-state index contributed by atoms with van der Waals surface area (Å²) >= 11 is 6.26. The van der Waals surface area contributed by atoms with E-state index in [9.17, 15) is 0 Å². The summed E-state index contributed by atoms with van der Waals surface area (Å²) in [5.74, 6) is 2.72. The molecule has 5 rings (SSSR count). The van der Waals surface area contributed by atoms with Gasteiger partial charge in [0.25, 0.3) is 0 Å². The van der Waals surface area contributed by atoms with E-state index in [2.05, 4.69) is 30.5 Å². The molecule has 8 heteroatoms. The molecule has 1 N–H and O–H groups in total. The third-order valence-corrected chi connectivity index (χ3v) is 5.94. The SMILES string of the molecule is CCc1nccc(-c2cccnc2Oc2ccc(Nc3nnc(Cl)c4c3CCCC4)cc2)n1. The third kappa shape index (κ3) is 4.64. The molecule has 0 spiro atoms. The van der Waals surface area contributed by atoms with Crippen LogP contribution in [-0.4, -0.2) is 25.1 Å². The number of hydrogen-bond acceptors (Lipinski definition) is 7. The van der Waals surface area contributed by atoms with Gasteiger partial charge in [-0.05, 0) is 73.7 Å². The van der Waals surface area contributed by atoms with Gasteiger partial charge in [-0.25, -0.2) is 15.0 Å². The molecule has 0 unspecified atom stereocenters. The summed E-state index contributed by atoms with van der Waals surface area (Å²) in [7, 11) is 0. The van der Waals surface area contributed by atoms with E-state index in [1.54, 1.807) is 12.4 Å². The standard InChI is InChI=1S/C25H23ClN6O/c1-2-22-27-15-13-21(30-22)20-8-5-14-28-25(20)33-17-11-9-16(10-12-17)29-24-19-7-4-3-6-18(19)23(26)31-32-24/h5,8-15H,2-4,6-7H2,1H3,(H,29,32). The zero-order valence-corrected chi connectivity index (χ0v) is 19.0. The quantitative estimate of drug-likeness (QED) is 0.381. The molecule has 3 aromatic heterocycles. The first kappa shape index (κ1) is 21.3. The van der Waals surface area contributed by atoms with E-state index < -0.39 is 0 Å². The van der Waals surface area contributed by atoms with Crippen LogP contribution in [0.3, 0.4) is 0 Å².